The van der Waals surface area contributed by atoms with Crippen LogP contribution in [-0.4, -0.2) is 21.0 Å². The van der Waals surface area contributed by atoms with Gasteiger partial charge >= 0.3 is 0 Å². The Morgan fingerprint density at radius 2 is 2.40 bits per heavy atom. The van der Waals surface area contributed by atoms with Crippen molar-refractivity contribution in [3.05, 3.63) is 28.5 Å². The lowest BCUT2D eigenvalue weighted by Gasteiger charge is -1.98. The van der Waals surface area contributed by atoms with E-state index in [4.69, 9.17) is 0 Å². The maximum absolute atomic E-state index is 10.6. The summed E-state index contributed by atoms with van der Waals surface area (Å²) in [6.07, 6.45) is 3.48. The molecule has 5 heteroatoms. The Bertz CT molecular complexity index is 393. The third kappa shape index (κ3) is 4.48. The van der Waals surface area contributed by atoms with Gasteiger partial charge in [0, 0.05) is 12.7 Å². The van der Waals surface area contributed by atoms with Crippen LogP contribution in [0.4, 0.5) is 0 Å². The number of pyridine rings is 1. The van der Waals surface area contributed by atoms with E-state index >= 15 is 0 Å². The Morgan fingerprint density at radius 1 is 1.67 bits per heavy atom. The molecule has 0 amide bonds. The second-order valence-corrected chi connectivity index (χ2v) is 4.75. The number of aromatic nitrogens is 1. The van der Waals surface area contributed by atoms with Gasteiger partial charge in [-0.25, -0.2) is 4.98 Å². The van der Waals surface area contributed by atoms with E-state index in [1.807, 2.05) is 0 Å². The summed E-state index contributed by atoms with van der Waals surface area (Å²) in [7, 11) is 0. The van der Waals surface area contributed by atoms with Gasteiger partial charge in [0.25, 0.3) is 0 Å². The first-order chi connectivity index (χ1) is 7.09. The number of carbonyl (C=O) groups excluding carboxylic acids is 1. The third-order valence-electron chi connectivity index (χ3n) is 1.53. The van der Waals surface area contributed by atoms with E-state index in [9.17, 15) is 9.90 Å². The van der Waals surface area contributed by atoms with E-state index in [-0.39, 0.29) is 10.9 Å². The average molecular weight is 288 g/mol. The first-order valence-corrected chi connectivity index (χ1v) is 6.03. The van der Waals surface area contributed by atoms with Crippen molar-refractivity contribution in [2.24, 2.45) is 0 Å². The first-order valence-electron chi connectivity index (χ1n) is 4.25. The van der Waals surface area contributed by atoms with Crippen molar-refractivity contribution in [1.29, 1.82) is 0 Å². The molecule has 0 saturated heterocycles. The second-order valence-electron chi connectivity index (χ2n) is 2.74. The number of nitrogens with zero attached hydrogens (tertiary/aromatic N) is 1. The molecule has 1 aromatic heterocycles. The maximum Gasteiger partial charge on any atom is 0.186 e. The molecule has 0 unspecified atom stereocenters. The van der Waals surface area contributed by atoms with Crippen LogP contribution in [0.15, 0.2) is 22.8 Å². The number of halogens is 1. The Balaban J connectivity index is 2.63. The molecular weight excluding hydrogens is 278 g/mol. The van der Waals surface area contributed by atoms with Crippen LogP contribution < -0.4 is 0 Å². The van der Waals surface area contributed by atoms with Crippen molar-refractivity contribution >= 4 is 38.9 Å². The standard InChI is InChI=1S/C10H10BrNO2S/c1-7(13)15-6-2-3-8-9(14)4-5-10(11)12-8/h2-5,14H,6H2,1H3. The summed E-state index contributed by atoms with van der Waals surface area (Å²) in [5, 5.41) is 9.51. The molecular formula is C10H10BrNO2S. The van der Waals surface area contributed by atoms with E-state index in [2.05, 4.69) is 20.9 Å². The lowest BCUT2D eigenvalue weighted by atomic mass is 10.3. The van der Waals surface area contributed by atoms with Crippen LogP contribution in [0.3, 0.4) is 0 Å². The van der Waals surface area contributed by atoms with Gasteiger partial charge in [0.15, 0.2) is 5.12 Å². The summed E-state index contributed by atoms with van der Waals surface area (Å²) in [6, 6.07) is 3.23. The highest BCUT2D eigenvalue weighted by Crippen LogP contribution is 2.19. The van der Waals surface area contributed by atoms with Crippen molar-refractivity contribution in [2.45, 2.75) is 6.92 Å². The van der Waals surface area contributed by atoms with Gasteiger partial charge in [-0.2, -0.15) is 0 Å². The molecule has 0 fully saturated rings. The van der Waals surface area contributed by atoms with Gasteiger partial charge in [-0.15, -0.1) is 0 Å². The van der Waals surface area contributed by atoms with Crippen molar-refractivity contribution < 1.29 is 9.90 Å². The first kappa shape index (κ1) is 12.3. The molecule has 0 aliphatic rings. The van der Waals surface area contributed by atoms with Crippen LogP contribution in [0.5, 0.6) is 5.75 Å². The largest absolute Gasteiger partial charge is 0.506 e. The van der Waals surface area contributed by atoms with E-state index in [1.54, 1.807) is 24.3 Å². The maximum atomic E-state index is 10.6. The van der Waals surface area contributed by atoms with E-state index in [0.29, 0.717) is 16.0 Å². The lowest BCUT2D eigenvalue weighted by Crippen LogP contribution is -1.84. The fraction of sp³-hybridized carbons (Fsp3) is 0.200. The Kier molecular flexibility index (Phi) is 4.84. The quantitative estimate of drug-likeness (QED) is 0.869. The highest BCUT2D eigenvalue weighted by Gasteiger charge is 1.99. The highest BCUT2D eigenvalue weighted by atomic mass is 79.9. The molecule has 0 spiro atoms. The SMILES string of the molecule is CC(=O)SCC=Cc1nc(Br)ccc1O. The van der Waals surface area contributed by atoms with Gasteiger partial charge in [0.1, 0.15) is 16.0 Å². The van der Waals surface area contributed by atoms with E-state index in [0.717, 1.165) is 0 Å². The number of rotatable bonds is 3. The molecule has 0 aliphatic carbocycles. The van der Waals surface area contributed by atoms with Gasteiger partial charge < -0.3 is 5.11 Å². The zero-order chi connectivity index (χ0) is 11.3. The summed E-state index contributed by atoms with van der Waals surface area (Å²) in [5.74, 6) is 0.713. The molecule has 15 heavy (non-hydrogen) atoms. The number of aromatic hydroxyl groups is 1. The van der Waals surface area contributed by atoms with Crippen LogP contribution in [-0.2, 0) is 4.79 Å². The van der Waals surface area contributed by atoms with Gasteiger partial charge in [-0.1, -0.05) is 17.8 Å². The third-order valence-corrected chi connectivity index (χ3v) is 2.73. The number of carbonyl (C=O) groups is 1. The minimum atomic E-state index is 0.0751. The summed E-state index contributed by atoms with van der Waals surface area (Å²) >= 11 is 4.43. The summed E-state index contributed by atoms with van der Waals surface area (Å²) in [6.45, 7) is 1.52. The molecule has 1 N–H and O–H groups in total. The molecule has 1 rings (SSSR count). The molecule has 0 bridgehead atoms. The lowest BCUT2D eigenvalue weighted by molar-refractivity contribution is -0.109. The minimum Gasteiger partial charge on any atom is -0.506 e. The number of hydrogen-bond acceptors (Lipinski definition) is 4. The van der Waals surface area contributed by atoms with Gasteiger partial charge in [0.05, 0.1) is 0 Å². The number of thioether (sulfide) groups is 1. The normalized spacial score (nSPS) is 10.8. The van der Waals surface area contributed by atoms with Crippen molar-refractivity contribution in [2.75, 3.05) is 5.75 Å². The van der Waals surface area contributed by atoms with Crippen molar-refractivity contribution in [3.8, 4) is 5.75 Å². The highest BCUT2D eigenvalue weighted by molar-refractivity contribution is 9.10. The molecule has 80 valence electrons. The second kappa shape index (κ2) is 5.92. The average Bonchev–Trinajstić information content (AvgIpc) is 2.17. The van der Waals surface area contributed by atoms with E-state index in [1.165, 1.54) is 18.7 Å². The molecule has 0 aliphatic heterocycles. The molecule has 0 aromatic carbocycles. The van der Waals surface area contributed by atoms with E-state index < -0.39 is 0 Å². The Morgan fingerprint density at radius 3 is 3.07 bits per heavy atom. The fourth-order valence-electron chi connectivity index (χ4n) is 0.891. The zero-order valence-electron chi connectivity index (χ0n) is 8.11. The predicted octanol–water partition coefficient (Wildman–Crippen LogP) is 2.84. The minimum absolute atomic E-state index is 0.0751. The smallest absolute Gasteiger partial charge is 0.186 e. The van der Waals surface area contributed by atoms with Gasteiger partial charge in [-0.05, 0) is 34.1 Å². The molecule has 0 radical (unpaired) electrons. The Labute approximate surface area is 101 Å². The monoisotopic (exact) mass is 287 g/mol. The number of hydrogen-bond donors (Lipinski definition) is 1. The van der Waals surface area contributed by atoms with Crippen LogP contribution in [0.2, 0.25) is 0 Å². The topological polar surface area (TPSA) is 50.2 Å². The predicted molar refractivity (Wildman–Crippen MR) is 65.8 cm³/mol. The molecule has 0 saturated carbocycles. The van der Waals surface area contributed by atoms with Crippen LogP contribution in [0, 0.1) is 0 Å². The van der Waals surface area contributed by atoms with Crippen molar-refractivity contribution in [3.63, 3.8) is 0 Å². The molecule has 1 aromatic rings. The van der Waals surface area contributed by atoms with Crippen LogP contribution in [0.1, 0.15) is 12.6 Å². The van der Waals surface area contributed by atoms with Crippen LogP contribution in [0.25, 0.3) is 6.08 Å². The van der Waals surface area contributed by atoms with Crippen molar-refractivity contribution in [1.82, 2.24) is 4.98 Å². The molecule has 3 nitrogen and oxygen atoms in total. The summed E-state index contributed by atoms with van der Waals surface area (Å²) in [4.78, 5) is 14.7. The summed E-state index contributed by atoms with van der Waals surface area (Å²) in [5.41, 5.74) is 0.494. The fourth-order valence-corrected chi connectivity index (χ4v) is 1.64. The van der Waals surface area contributed by atoms with Gasteiger partial charge in [0.2, 0.25) is 0 Å². The van der Waals surface area contributed by atoms with Crippen LogP contribution >= 0.6 is 27.7 Å². The summed E-state index contributed by atoms with van der Waals surface area (Å²) < 4.78 is 0.666. The molecule has 0 atom stereocenters. The van der Waals surface area contributed by atoms with Gasteiger partial charge in [-0.3, -0.25) is 4.79 Å². The Hall–Kier alpha value is -0.810. The zero-order valence-corrected chi connectivity index (χ0v) is 10.5. The molecule has 1 heterocycles.